The van der Waals surface area contributed by atoms with E-state index in [1.54, 1.807) is 29.8 Å². The predicted molar refractivity (Wildman–Crippen MR) is 144 cm³/mol. The fourth-order valence-corrected chi connectivity index (χ4v) is 4.62. The maximum atomic E-state index is 13.9. The number of rotatable bonds is 12. The number of pyridine rings is 1. The molecule has 2 aromatic heterocycles. The van der Waals surface area contributed by atoms with Crippen molar-refractivity contribution in [3.8, 4) is 11.6 Å². The molecule has 1 saturated heterocycles. The quantitative estimate of drug-likeness (QED) is 0.327. The first-order valence-corrected chi connectivity index (χ1v) is 13.3. The number of carbonyl (C=O) groups excluding carboxylic acids is 2. The normalized spacial score (nSPS) is 19.0. The minimum absolute atomic E-state index is 0.0289. The standard InChI is InChI=1S/C28H33FN6O5/c1-18-26(35(21-6-4-3-5-7-21)33-27(18)39-17-22(36)14-19-8-9-19)32-28(37)31-23-16-34(12-13-38-2)40-25(23)20-10-11-30-24(29)15-20/h3-7,10-11,15,19,23,25H,8-9,12-14,16-17H2,1-2H3,(H2,31,32,37)/t23-,25+/m1/s1. The number of ether oxygens (including phenoxy) is 2. The number of nitrogens with one attached hydrogen (secondary N) is 2. The first-order valence-electron chi connectivity index (χ1n) is 13.3. The number of anilines is 1. The lowest BCUT2D eigenvalue weighted by atomic mass is 10.0. The molecule has 1 aliphatic heterocycles. The monoisotopic (exact) mass is 552 g/mol. The van der Waals surface area contributed by atoms with Gasteiger partial charge in [-0.05, 0) is 55.5 Å². The topological polar surface area (TPSA) is 120 Å². The van der Waals surface area contributed by atoms with E-state index in [-0.39, 0.29) is 18.3 Å². The van der Waals surface area contributed by atoms with E-state index < -0.39 is 24.1 Å². The molecule has 0 radical (unpaired) electrons. The van der Waals surface area contributed by atoms with Crippen LogP contribution in [-0.2, 0) is 14.4 Å². The number of amides is 2. The summed E-state index contributed by atoms with van der Waals surface area (Å²) in [5.74, 6) is 0.530. The van der Waals surface area contributed by atoms with Crippen LogP contribution in [-0.4, -0.2) is 71.1 Å². The molecule has 40 heavy (non-hydrogen) atoms. The molecule has 1 aromatic carbocycles. The average molecular weight is 553 g/mol. The summed E-state index contributed by atoms with van der Waals surface area (Å²) in [5, 5.41) is 12.1. The number of hydrogen-bond donors (Lipinski definition) is 2. The van der Waals surface area contributed by atoms with E-state index in [0.29, 0.717) is 54.7 Å². The second-order valence-corrected chi connectivity index (χ2v) is 10.0. The van der Waals surface area contributed by atoms with Gasteiger partial charge in [0.15, 0.2) is 5.78 Å². The lowest BCUT2D eigenvalue weighted by molar-refractivity contribution is -0.154. The Morgan fingerprint density at radius 1 is 1.20 bits per heavy atom. The summed E-state index contributed by atoms with van der Waals surface area (Å²) in [6, 6.07) is 11.3. The molecule has 212 valence electrons. The zero-order valence-corrected chi connectivity index (χ0v) is 22.5. The highest BCUT2D eigenvalue weighted by Crippen LogP contribution is 2.33. The third-order valence-corrected chi connectivity index (χ3v) is 6.86. The molecule has 5 rings (SSSR count). The number of aromatic nitrogens is 3. The van der Waals surface area contributed by atoms with Crippen molar-refractivity contribution in [2.45, 2.75) is 38.3 Å². The van der Waals surface area contributed by atoms with Crippen molar-refractivity contribution in [2.24, 2.45) is 5.92 Å². The number of hydroxylamine groups is 2. The maximum Gasteiger partial charge on any atom is 0.320 e. The molecule has 2 aliphatic rings. The van der Waals surface area contributed by atoms with E-state index in [4.69, 9.17) is 14.3 Å². The summed E-state index contributed by atoms with van der Waals surface area (Å²) >= 11 is 0. The van der Waals surface area contributed by atoms with Gasteiger partial charge in [0.2, 0.25) is 11.8 Å². The van der Waals surface area contributed by atoms with Gasteiger partial charge in [0.25, 0.3) is 0 Å². The number of ketones is 1. The largest absolute Gasteiger partial charge is 0.468 e. The number of Topliss-reactive ketones (excluding diaryl/α,β-unsaturated/α-hetero) is 1. The maximum absolute atomic E-state index is 13.9. The van der Waals surface area contributed by atoms with Crippen molar-refractivity contribution < 1.29 is 28.3 Å². The SMILES string of the molecule is COCCN1C[C@@H](NC(=O)Nc2c(C)c(OCC(=O)CC3CC3)nn2-c2ccccc2)[C@H](c2ccnc(F)c2)O1. The zero-order valence-electron chi connectivity index (χ0n) is 22.5. The molecule has 1 saturated carbocycles. The van der Waals surface area contributed by atoms with Crippen molar-refractivity contribution in [3.05, 3.63) is 65.7 Å². The molecule has 3 heterocycles. The Morgan fingerprint density at radius 2 is 2.00 bits per heavy atom. The van der Waals surface area contributed by atoms with E-state index in [9.17, 15) is 14.0 Å². The van der Waals surface area contributed by atoms with E-state index in [1.807, 2.05) is 30.3 Å². The molecule has 2 amide bonds. The van der Waals surface area contributed by atoms with Crippen molar-refractivity contribution in [1.29, 1.82) is 0 Å². The van der Waals surface area contributed by atoms with Gasteiger partial charge in [0.05, 0.1) is 23.9 Å². The van der Waals surface area contributed by atoms with Crippen LogP contribution in [0.15, 0.2) is 48.7 Å². The smallest absolute Gasteiger partial charge is 0.320 e. The van der Waals surface area contributed by atoms with Crippen LogP contribution < -0.4 is 15.4 Å². The number of carbonyl (C=O) groups is 2. The molecule has 0 bridgehead atoms. The molecule has 1 aliphatic carbocycles. The van der Waals surface area contributed by atoms with Gasteiger partial charge in [0, 0.05) is 32.8 Å². The molecule has 12 heteroatoms. The Bertz CT molecular complexity index is 1330. The number of para-hydroxylation sites is 1. The Hall–Kier alpha value is -3.87. The Labute approximate surface area is 231 Å². The number of benzene rings is 1. The first-order chi connectivity index (χ1) is 19.4. The van der Waals surface area contributed by atoms with Crippen molar-refractivity contribution in [3.63, 3.8) is 0 Å². The van der Waals surface area contributed by atoms with E-state index in [0.717, 1.165) is 12.8 Å². The highest BCUT2D eigenvalue weighted by molar-refractivity contribution is 5.90. The third-order valence-electron chi connectivity index (χ3n) is 6.86. The number of hydrogen-bond acceptors (Lipinski definition) is 8. The molecule has 2 N–H and O–H groups in total. The average Bonchev–Trinajstić information content (AvgIpc) is 3.59. The third kappa shape index (κ3) is 6.82. The van der Waals surface area contributed by atoms with Crippen LogP contribution >= 0.6 is 0 Å². The molecule has 0 unspecified atom stereocenters. The number of methoxy groups -OCH3 is 1. The summed E-state index contributed by atoms with van der Waals surface area (Å²) in [5.41, 5.74) is 1.84. The molecule has 2 atom stereocenters. The van der Waals surface area contributed by atoms with Gasteiger partial charge in [0.1, 0.15) is 18.5 Å². The first kappa shape index (κ1) is 27.7. The molecular weight excluding hydrogens is 519 g/mol. The Balaban J connectivity index is 1.33. The van der Waals surface area contributed by atoms with Crippen LogP contribution in [0.3, 0.4) is 0 Å². The minimum Gasteiger partial charge on any atom is -0.468 e. The Kier molecular flexibility index (Phi) is 8.68. The second kappa shape index (κ2) is 12.5. The van der Waals surface area contributed by atoms with Crippen LogP contribution in [0.5, 0.6) is 5.88 Å². The minimum atomic E-state index is -0.634. The Morgan fingerprint density at radius 3 is 2.73 bits per heavy atom. The van der Waals surface area contributed by atoms with Crippen molar-refractivity contribution >= 4 is 17.6 Å². The summed E-state index contributed by atoms with van der Waals surface area (Å²) < 4.78 is 26.4. The fourth-order valence-electron chi connectivity index (χ4n) is 4.62. The fraction of sp³-hybridized carbons (Fsp3) is 0.429. The van der Waals surface area contributed by atoms with Gasteiger partial charge in [-0.1, -0.05) is 18.2 Å². The second-order valence-electron chi connectivity index (χ2n) is 10.0. The van der Waals surface area contributed by atoms with Crippen LogP contribution in [0.1, 0.15) is 36.5 Å². The van der Waals surface area contributed by atoms with Crippen molar-refractivity contribution in [1.82, 2.24) is 25.1 Å². The zero-order chi connectivity index (χ0) is 28.1. The van der Waals surface area contributed by atoms with Crippen LogP contribution in [0.25, 0.3) is 5.69 Å². The van der Waals surface area contributed by atoms with Gasteiger partial charge in [-0.15, -0.1) is 5.10 Å². The van der Waals surface area contributed by atoms with Gasteiger partial charge >= 0.3 is 6.03 Å². The molecular formula is C28H33FN6O5. The predicted octanol–water partition coefficient (Wildman–Crippen LogP) is 3.59. The van der Waals surface area contributed by atoms with E-state index >= 15 is 0 Å². The van der Waals surface area contributed by atoms with Gasteiger partial charge in [-0.2, -0.15) is 9.45 Å². The van der Waals surface area contributed by atoms with Crippen molar-refractivity contribution in [2.75, 3.05) is 38.7 Å². The lowest BCUT2D eigenvalue weighted by Crippen LogP contribution is -2.42. The number of urea groups is 1. The highest BCUT2D eigenvalue weighted by atomic mass is 19.1. The van der Waals surface area contributed by atoms with Crippen LogP contribution in [0.2, 0.25) is 0 Å². The van der Waals surface area contributed by atoms with Crippen LogP contribution in [0, 0.1) is 18.8 Å². The summed E-state index contributed by atoms with van der Waals surface area (Å²) in [7, 11) is 1.59. The molecule has 2 fully saturated rings. The summed E-state index contributed by atoms with van der Waals surface area (Å²) in [4.78, 5) is 35.2. The van der Waals surface area contributed by atoms with Gasteiger partial charge in [-0.25, -0.2) is 14.5 Å². The molecule has 0 spiro atoms. The van der Waals surface area contributed by atoms with Crippen LogP contribution in [0.4, 0.5) is 15.0 Å². The highest BCUT2D eigenvalue weighted by Gasteiger charge is 2.37. The van der Waals surface area contributed by atoms with E-state index in [2.05, 4.69) is 20.7 Å². The lowest BCUT2D eigenvalue weighted by Gasteiger charge is -2.19. The summed E-state index contributed by atoms with van der Waals surface area (Å²) in [6.07, 6.45) is 3.42. The number of nitrogens with zero attached hydrogens (tertiary/aromatic N) is 4. The molecule has 3 aromatic rings. The summed E-state index contributed by atoms with van der Waals surface area (Å²) in [6.45, 7) is 2.96. The van der Waals surface area contributed by atoms with Gasteiger partial charge in [-0.3, -0.25) is 14.9 Å². The van der Waals surface area contributed by atoms with Gasteiger partial charge < -0.3 is 14.8 Å². The molecule has 11 nitrogen and oxygen atoms in total. The number of halogens is 1. The van der Waals surface area contributed by atoms with E-state index in [1.165, 1.54) is 12.3 Å².